The number of benzene rings is 2. The van der Waals surface area contributed by atoms with Crippen LogP contribution in [0.1, 0.15) is 61.6 Å². The SMILES string of the molecule is CCCCCN(C=O)c1ccccc1C1CCCc2cc3c(cc21)OCO3. The highest BCUT2D eigenvalue weighted by atomic mass is 16.7. The van der Waals surface area contributed by atoms with Crippen molar-refractivity contribution >= 4 is 12.1 Å². The van der Waals surface area contributed by atoms with Gasteiger partial charge in [0.25, 0.3) is 0 Å². The largest absolute Gasteiger partial charge is 0.454 e. The minimum atomic E-state index is 0.285. The van der Waals surface area contributed by atoms with Crippen molar-refractivity contribution in [2.75, 3.05) is 18.2 Å². The van der Waals surface area contributed by atoms with Crippen LogP contribution in [-0.2, 0) is 11.2 Å². The standard InChI is InChI=1S/C23H27NO3/c1-2-3-6-12-24(15-25)21-11-5-4-9-19(21)18-10-7-8-17-13-22-23(14-20(17)18)27-16-26-22/h4-5,9,11,13-15,18H,2-3,6-8,10,12,16H2,1H3. The Balaban J connectivity index is 1.70. The molecular weight excluding hydrogens is 338 g/mol. The van der Waals surface area contributed by atoms with Crippen LogP contribution in [-0.4, -0.2) is 19.7 Å². The van der Waals surface area contributed by atoms with E-state index in [1.54, 1.807) is 0 Å². The highest BCUT2D eigenvalue weighted by Gasteiger charge is 2.28. The minimum Gasteiger partial charge on any atom is -0.454 e. The van der Waals surface area contributed by atoms with Gasteiger partial charge < -0.3 is 14.4 Å². The number of nitrogens with zero attached hydrogens (tertiary/aromatic N) is 1. The number of para-hydroxylation sites is 1. The van der Waals surface area contributed by atoms with Gasteiger partial charge in [0.1, 0.15) is 0 Å². The summed E-state index contributed by atoms with van der Waals surface area (Å²) >= 11 is 0. The van der Waals surface area contributed by atoms with Crippen molar-refractivity contribution in [1.82, 2.24) is 0 Å². The fraction of sp³-hybridized carbons (Fsp3) is 0.435. The Kier molecular flexibility index (Phi) is 5.33. The summed E-state index contributed by atoms with van der Waals surface area (Å²) in [5.74, 6) is 1.98. The molecule has 1 heterocycles. The number of anilines is 1. The summed E-state index contributed by atoms with van der Waals surface area (Å²) in [5.41, 5.74) is 4.94. The third-order valence-corrected chi connectivity index (χ3v) is 5.70. The van der Waals surface area contributed by atoms with Crippen LogP contribution in [0.5, 0.6) is 11.5 Å². The molecule has 1 atom stereocenters. The maximum absolute atomic E-state index is 11.8. The Hall–Kier alpha value is -2.49. The van der Waals surface area contributed by atoms with E-state index in [9.17, 15) is 4.79 Å². The first-order chi connectivity index (χ1) is 13.3. The molecule has 1 aliphatic carbocycles. The Morgan fingerprint density at radius 3 is 2.74 bits per heavy atom. The Morgan fingerprint density at radius 1 is 1.11 bits per heavy atom. The Bertz CT molecular complexity index is 817. The molecule has 4 rings (SSSR count). The highest BCUT2D eigenvalue weighted by Crippen LogP contribution is 2.45. The predicted octanol–water partition coefficient (Wildman–Crippen LogP) is 5.04. The van der Waals surface area contributed by atoms with Crippen LogP contribution in [0.2, 0.25) is 0 Å². The van der Waals surface area contributed by atoms with Gasteiger partial charge in [0.05, 0.1) is 0 Å². The number of unbranched alkanes of at least 4 members (excludes halogenated alkanes) is 2. The van der Waals surface area contributed by atoms with E-state index >= 15 is 0 Å². The molecule has 1 amide bonds. The average Bonchev–Trinajstić information content (AvgIpc) is 3.17. The fourth-order valence-electron chi connectivity index (χ4n) is 4.32. The molecule has 0 saturated carbocycles. The van der Waals surface area contributed by atoms with Crippen LogP contribution >= 0.6 is 0 Å². The molecule has 2 aromatic rings. The fourth-order valence-corrected chi connectivity index (χ4v) is 4.32. The highest BCUT2D eigenvalue weighted by molar-refractivity contribution is 5.78. The van der Waals surface area contributed by atoms with Crippen molar-refractivity contribution in [2.45, 2.75) is 51.4 Å². The van der Waals surface area contributed by atoms with Gasteiger partial charge >= 0.3 is 0 Å². The molecule has 142 valence electrons. The molecule has 1 aliphatic heterocycles. The second-order valence-corrected chi connectivity index (χ2v) is 7.41. The first-order valence-electron chi connectivity index (χ1n) is 10.0. The van der Waals surface area contributed by atoms with E-state index < -0.39 is 0 Å². The van der Waals surface area contributed by atoms with Gasteiger partial charge in [-0.05, 0) is 60.6 Å². The van der Waals surface area contributed by atoms with Crippen LogP contribution in [0.4, 0.5) is 5.69 Å². The van der Waals surface area contributed by atoms with E-state index in [1.165, 1.54) is 16.7 Å². The van der Waals surface area contributed by atoms with Gasteiger partial charge in [-0.25, -0.2) is 0 Å². The van der Waals surface area contributed by atoms with Crippen molar-refractivity contribution in [2.24, 2.45) is 0 Å². The van der Waals surface area contributed by atoms with Gasteiger partial charge in [-0.2, -0.15) is 0 Å². The van der Waals surface area contributed by atoms with Crippen molar-refractivity contribution in [1.29, 1.82) is 0 Å². The first-order valence-corrected chi connectivity index (χ1v) is 10.0. The lowest BCUT2D eigenvalue weighted by Gasteiger charge is -2.30. The summed E-state index contributed by atoms with van der Waals surface area (Å²) < 4.78 is 11.2. The minimum absolute atomic E-state index is 0.285. The summed E-state index contributed by atoms with van der Waals surface area (Å²) in [5, 5.41) is 0. The lowest BCUT2D eigenvalue weighted by molar-refractivity contribution is -0.107. The smallest absolute Gasteiger partial charge is 0.231 e. The third-order valence-electron chi connectivity index (χ3n) is 5.70. The Morgan fingerprint density at radius 2 is 1.93 bits per heavy atom. The van der Waals surface area contributed by atoms with Gasteiger partial charge in [-0.15, -0.1) is 0 Å². The summed E-state index contributed by atoms with van der Waals surface area (Å²) in [6.07, 6.45) is 7.60. The molecule has 0 saturated heterocycles. The average molecular weight is 365 g/mol. The summed E-state index contributed by atoms with van der Waals surface area (Å²) in [6, 6.07) is 12.7. The number of fused-ring (bicyclic) bond motifs is 2. The molecule has 1 unspecified atom stereocenters. The second-order valence-electron chi connectivity index (χ2n) is 7.41. The number of aryl methyl sites for hydroxylation is 1. The van der Waals surface area contributed by atoms with Crippen LogP contribution in [0, 0.1) is 0 Å². The van der Waals surface area contributed by atoms with Crippen LogP contribution in [0.15, 0.2) is 36.4 Å². The normalized spacial score (nSPS) is 17.4. The van der Waals surface area contributed by atoms with Gasteiger partial charge in [-0.3, -0.25) is 4.79 Å². The molecule has 2 aliphatic rings. The van der Waals surface area contributed by atoms with Gasteiger partial charge in [0.2, 0.25) is 13.2 Å². The number of hydrogen-bond acceptors (Lipinski definition) is 3. The van der Waals surface area contributed by atoms with Crippen molar-refractivity contribution in [3.05, 3.63) is 53.1 Å². The van der Waals surface area contributed by atoms with E-state index in [-0.39, 0.29) is 5.92 Å². The van der Waals surface area contributed by atoms with E-state index in [1.807, 2.05) is 11.0 Å². The summed E-state index contributed by atoms with van der Waals surface area (Å²) in [6.45, 7) is 3.26. The van der Waals surface area contributed by atoms with Crippen molar-refractivity contribution in [3.8, 4) is 11.5 Å². The first kappa shape index (κ1) is 17.9. The van der Waals surface area contributed by atoms with E-state index in [0.29, 0.717) is 6.79 Å². The maximum atomic E-state index is 11.8. The van der Waals surface area contributed by atoms with Gasteiger partial charge in [0.15, 0.2) is 11.5 Å². The van der Waals surface area contributed by atoms with Crippen molar-refractivity contribution in [3.63, 3.8) is 0 Å². The monoisotopic (exact) mass is 365 g/mol. The molecule has 0 bridgehead atoms. The van der Waals surface area contributed by atoms with E-state index in [4.69, 9.17) is 9.47 Å². The molecule has 4 nitrogen and oxygen atoms in total. The molecule has 2 aromatic carbocycles. The number of ether oxygens (including phenoxy) is 2. The number of carbonyl (C=O) groups is 1. The van der Waals surface area contributed by atoms with E-state index in [2.05, 4.69) is 37.3 Å². The molecule has 0 aromatic heterocycles. The zero-order valence-corrected chi connectivity index (χ0v) is 15.9. The maximum Gasteiger partial charge on any atom is 0.231 e. The van der Waals surface area contributed by atoms with Crippen LogP contribution in [0.25, 0.3) is 0 Å². The lowest BCUT2D eigenvalue weighted by Crippen LogP contribution is -2.25. The lowest BCUT2D eigenvalue weighted by atomic mass is 9.78. The van der Waals surface area contributed by atoms with Gasteiger partial charge in [0, 0.05) is 18.2 Å². The number of rotatable bonds is 7. The third kappa shape index (κ3) is 3.53. The number of amides is 1. The quantitative estimate of drug-likeness (QED) is 0.510. The van der Waals surface area contributed by atoms with Crippen LogP contribution in [0.3, 0.4) is 0 Å². The van der Waals surface area contributed by atoms with Gasteiger partial charge in [-0.1, -0.05) is 38.0 Å². The van der Waals surface area contributed by atoms with Crippen molar-refractivity contribution < 1.29 is 14.3 Å². The molecule has 0 fully saturated rings. The molecule has 27 heavy (non-hydrogen) atoms. The molecule has 0 spiro atoms. The Labute approximate surface area is 161 Å². The molecule has 0 N–H and O–H groups in total. The second kappa shape index (κ2) is 8.03. The number of hydrogen-bond donors (Lipinski definition) is 0. The van der Waals surface area contributed by atoms with E-state index in [0.717, 1.165) is 68.7 Å². The summed E-state index contributed by atoms with van der Waals surface area (Å²) in [7, 11) is 0. The molecular formula is C23H27NO3. The predicted molar refractivity (Wildman–Crippen MR) is 107 cm³/mol. The number of carbonyl (C=O) groups excluding carboxylic acids is 1. The molecule has 0 radical (unpaired) electrons. The van der Waals surface area contributed by atoms with Crippen LogP contribution < -0.4 is 14.4 Å². The topological polar surface area (TPSA) is 38.8 Å². The molecule has 4 heteroatoms. The zero-order chi connectivity index (χ0) is 18.6. The summed E-state index contributed by atoms with van der Waals surface area (Å²) in [4.78, 5) is 13.7. The zero-order valence-electron chi connectivity index (χ0n) is 15.9.